The van der Waals surface area contributed by atoms with Gasteiger partial charge in [-0.3, -0.25) is 9.59 Å². The van der Waals surface area contributed by atoms with Gasteiger partial charge in [-0.05, 0) is 52.7 Å². The number of carbonyl (C=O) groups is 2. The third kappa shape index (κ3) is 5.20. The molecule has 1 fully saturated rings. The molecule has 1 atom stereocenters. The van der Waals surface area contributed by atoms with Crippen LogP contribution in [0.5, 0.6) is 0 Å². The topological polar surface area (TPSA) is 127 Å². The zero-order chi connectivity index (χ0) is 25.5. The number of fused-ring (bicyclic) bond motifs is 1. The molecule has 4 heterocycles. The molecule has 35 heavy (non-hydrogen) atoms. The summed E-state index contributed by atoms with van der Waals surface area (Å²) in [7, 11) is -3.23. The molecule has 0 radical (unpaired) electrons. The first-order chi connectivity index (χ1) is 16.5. The Balaban J connectivity index is 1.62. The molecule has 0 saturated carbocycles. The second kappa shape index (κ2) is 9.62. The Labute approximate surface area is 205 Å². The molecule has 2 aromatic rings. The van der Waals surface area contributed by atoms with Crippen LogP contribution in [-0.4, -0.2) is 70.9 Å². The predicted molar refractivity (Wildman–Crippen MR) is 134 cm³/mol. The van der Waals surface area contributed by atoms with E-state index in [0.717, 1.165) is 11.3 Å². The number of nitrogens with zero attached hydrogens (tertiary/aromatic N) is 5. The fourth-order valence-corrected chi connectivity index (χ4v) is 5.62. The minimum Gasteiger partial charge on any atom is -0.351 e. The average molecular weight is 501 g/mol. The highest BCUT2D eigenvalue weighted by molar-refractivity contribution is 7.88. The number of aliphatic imine (C=N–C) groups is 1. The zero-order valence-corrected chi connectivity index (χ0v) is 21.6. The van der Waals surface area contributed by atoms with Crippen molar-refractivity contribution in [3.8, 4) is 0 Å². The molecule has 2 aliphatic rings. The van der Waals surface area contributed by atoms with Crippen molar-refractivity contribution < 1.29 is 18.0 Å². The number of hydrogen-bond donors (Lipinski definition) is 1. The number of pyridine rings is 1. The quantitative estimate of drug-likeness (QED) is 0.649. The molecule has 1 N–H and O–H groups in total. The fourth-order valence-electron chi connectivity index (χ4n) is 4.74. The van der Waals surface area contributed by atoms with Gasteiger partial charge in [0.05, 0.1) is 29.3 Å². The van der Waals surface area contributed by atoms with Gasteiger partial charge < -0.3 is 5.32 Å². The molecular weight excluding hydrogens is 468 g/mol. The summed E-state index contributed by atoms with van der Waals surface area (Å²) in [6, 6.07) is 1.84. The van der Waals surface area contributed by atoms with Crippen LogP contribution in [0.25, 0.3) is 11.0 Å². The molecular formula is C24H32N6O4S. The van der Waals surface area contributed by atoms with Crippen LogP contribution in [0.15, 0.2) is 28.9 Å². The van der Waals surface area contributed by atoms with E-state index < -0.39 is 15.9 Å². The van der Waals surface area contributed by atoms with Crippen LogP contribution in [0.2, 0.25) is 0 Å². The van der Waals surface area contributed by atoms with E-state index in [2.05, 4.69) is 15.4 Å². The summed E-state index contributed by atoms with van der Waals surface area (Å²) in [4.78, 5) is 34.6. The highest BCUT2D eigenvalue weighted by Gasteiger charge is 2.29. The largest absolute Gasteiger partial charge is 0.351 e. The molecule has 2 amide bonds. The molecule has 0 bridgehead atoms. The number of rotatable bonds is 6. The van der Waals surface area contributed by atoms with Crippen LogP contribution in [0.4, 0.5) is 0 Å². The number of piperidine rings is 1. The van der Waals surface area contributed by atoms with E-state index in [1.807, 2.05) is 26.8 Å². The highest BCUT2D eigenvalue weighted by atomic mass is 32.2. The van der Waals surface area contributed by atoms with Gasteiger partial charge in [0.2, 0.25) is 10.0 Å². The minimum atomic E-state index is -3.23. The lowest BCUT2D eigenvalue weighted by Crippen LogP contribution is -2.37. The normalized spacial score (nSPS) is 20.3. The molecule has 11 heteroatoms. The standard InChI is InChI=1S/C24H32N6O4S/c1-14(2)30-22-20(13-26-30)18(23(31)25-12-19-15(3)10-16(4)27-24(19)32)11-21(28-22)17-6-8-29(9-7-17)35(5,33)34/h10-11,13-14,17,19H,6-9,12H2,1-5H3,(H,25,31). The molecule has 2 aliphatic heterocycles. The van der Waals surface area contributed by atoms with Gasteiger partial charge in [-0.1, -0.05) is 5.57 Å². The third-order valence-electron chi connectivity index (χ3n) is 6.70. The van der Waals surface area contributed by atoms with E-state index in [-0.39, 0.29) is 30.3 Å². The lowest BCUT2D eigenvalue weighted by Gasteiger charge is -2.30. The molecule has 4 rings (SSSR count). The smallest absolute Gasteiger partial charge is 0.254 e. The number of hydrogen-bond acceptors (Lipinski definition) is 6. The maximum Gasteiger partial charge on any atom is 0.254 e. The van der Waals surface area contributed by atoms with Crippen molar-refractivity contribution >= 4 is 38.6 Å². The second-order valence-electron chi connectivity index (χ2n) is 9.69. The molecule has 10 nitrogen and oxygen atoms in total. The van der Waals surface area contributed by atoms with Crippen molar-refractivity contribution in [2.45, 2.75) is 52.5 Å². The maximum atomic E-state index is 13.3. The van der Waals surface area contributed by atoms with Crippen LogP contribution >= 0.6 is 0 Å². The first-order valence-corrected chi connectivity index (χ1v) is 13.7. The summed E-state index contributed by atoms with van der Waals surface area (Å²) in [5, 5.41) is 8.01. The van der Waals surface area contributed by atoms with Gasteiger partial charge in [0.15, 0.2) is 5.65 Å². The van der Waals surface area contributed by atoms with Crippen LogP contribution in [0.1, 0.15) is 68.5 Å². The molecule has 0 aromatic carbocycles. The van der Waals surface area contributed by atoms with Crippen molar-refractivity contribution in [2.24, 2.45) is 10.9 Å². The number of carbonyl (C=O) groups excluding carboxylic acids is 2. The van der Waals surface area contributed by atoms with Crippen LogP contribution in [0, 0.1) is 5.92 Å². The van der Waals surface area contributed by atoms with Crippen molar-refractivity contribution in [2.75, 3.05) is 25.9 Å². The Morgan fingerprint density at radius 2 is 1.91 bits per heavy atom. The number of nitrogens with one attached hydrogen (secondary N) is 1. The first-order valence-electron chi connectivity index (χ1n) is 11.8. The van der Waals surface area contributed by atoms with E-state index in [9.17, 15) is 18.0 Å². The van der Waals surface area contributed by atoms with E-state index >= 15 is 0 Å². The monoisotopic (exact) mass is 500 g/mol. The SMILES string of the molecule is CC1=CC(C)=NC(=O)C1CNC(=O)c1cc(C2CCN(S(C)(=O)=O)CC2)nc2c1cnn2C(C)C. The number of dihydropyridines is 1. The maximum absolute atomic E-state index is 13.3. The van der Waals surface area contributed by atoms with Gasteiger partial charge in [0.1, 0.15) is 0 Å². The minimum absolute atomic E-state index is 0.0295. The fraction of sp³-hybridized carbons (Fsp3) is 0.542. The van der Waals surface area contributed by atoms with Crippen molar-refractivity contribution in [3.05, 3.63) is 35.2 Å². The second-order valence-corrected chi connectivity index (χ2v) is 11.7. The number of amides is 2. The molecule has 0 aliphatic carbocycles. The van der Waals surface area contributed by atoms with E-state index in [4.69, 9.17) is 4.98 Å². The summed E-state index contributed by atoms with van der Waals surface area (Å²) in [6.45, 7) is 8.63. The Hall–Kier alpha value is -2.92. The lowest BCUT2D eigenvalue weighted by atomic mass is 9.92. The summed E-state index contributed by atoms with van der Waals surface area (Å²) in [5.41, 5.74) is 3.36. The molecule has 1 unspecified atom stereocenters. The highest BCUT2D eigenvalue weighted by Crippen LogP contribution is 2.31. The summed E-state index contributed by atoms with van der Waals surface area (Å²) in [5.74, 6) is -1.02. The van der Waals surface area contributed by atoms with E-state index in [0.29, 0.717) is 48.2 Å². The Kier molecular flexibility index (Phi) is 6.92. The number of allylic oxidation sites excluding steroid dienone is 1. The molecule has 188 valence electrons. The van der Waals surface area contributed by atoms with Crippen LogP contribution in [-0.2, 0) is 14.8 Å². The Morgan fingerprint density at radius 3 is 2.51 bits per heavy atom. The van der Waals surface area contributed by atoms with Gasteiger partial charge in [-0.25, -0.2) is 27.4 Å². The van der Waals surface area contributed by atoms with Crippen molar-refractivity contribution in [1.29, 1.82) is 0 Å². The van der Waals surface area contributed by atoms with E-state index in [1.54, 1.807) is 23.9 Å². The third-order valence-corrected chi connectivity index (χ3v) is 8.00. The van der Waals surface area contributed by atoms with Gasteiger partial charge in [0, 0.05) is 43.0 Å². The summed E-state index contributed by atoms with van der Waals surface area (Å²) >= 11 is 0. The first kappa shape index (κ1) is 25.2. The molecule has 1 saturated heterocycles. The van der Waals surface area contributed by atoms with Crippen molar-refractivity contribution in [3.63, 3.8) is 0 Å². The Bertz CT molecular complexity index is 1330. The van der Waals surface area contributed by atoms with Crippen LogP contribution in [0.3, 0.4) is 0 Å². The molecule has 2 aromatic heterocycles. The van der Waals surface area contributed by atoms with Gasteiger partial charge in [-0.2, -0.15) is 5.10 Å². The van der Waals surface area contributed by atoms with Crippen molar-refractivity contribution in [1.82, 2.24) is 24.4 Å². The molecule has 0 spiro atoms. The average Bonchev–Trinajstić information content (AvgIpc) is 3.21. The summed E-state index contributed by atoms with van der Waals surface area (Å²) in [6.07, 6.45) is 5.98. The van der Waals surface area contributed by atoms with Crippen LogP contribution < -0.4 is 5.32 Å². The Morgan fingerprint density at radius 1 is 1.23 bits per heavy atom. The number of sulfonamides is 1. The zero-order valence-electron chi connectivity index (χ0n) is 20.8. The van der Waals surface area contributed by atoms with Gasteiger partial charge in [0.25, 0.3) is 11.8 Å². The lowest BCUT2D eigenvalue weighted by molar-refractivity contribution is -0.120. The predicted octanol–water partition coefficient (Wildman–Crippen LogP) is 2.44. The van der Waals surface area contributed by atoms with Gasteiger partial charge in [-0.15, -0.1) is 0 Å². The van der Waals surface area contributed by atoms with E-state index in [1.165, 1.54) is 10.6 Å². The summed E-state index contributed by atoms with van der Waals surface area (Å²) < 4.78 is 27.1. The number of aromatic nitrogens is 3. The van der Waals surface area contributed by atoms with Gasteiger partial charge >= 0.3 is 0 Å².